The number of para-hydroxylation sites is 2. The van der Waals surface area contributed by atoms with Gasteiger partial charge >= 0.3 is 0 Å². The molecule has 0 bridgehead atoms. The normalized spacial score (nSPS) is 17.0. The maximum Gasteiger partial charge on any atom is 0.235 e. The molecular weight excluding hydrogens is 244 g/mol. The Morgan fingerprint density at radius 3 is 1.75 bits per heavy atom. The van der Waals surface area contributed by atoms with Crippen LogP contribution in [0.3, 0.4) is 0 Å². The molecule has 2 rings (SSSR count). The van der Waals surface area contributed by atoms with Crippen molar-refractivity contribution in [2.24, 2.45) is 0 Å². The van der Waals surface area contributed by atoms with E-state index in [0.717, 1.165) is 0 Å². The van der Waals surface area contributed by atoms with E-state index in [0.29, 0.717) is 22.9 Å². The van der Waals surface area contributed by atoms with Crippen LogP contribution >= 0.6 is 21.6 Å². The Hall–Kier alpha value is -1.14. The molecule has 0 spiro atoms. The second kappa shape index (κ2) is 5.27. The summed E-state index contributed by atoms with van der Waals surface area (Å²) in [6.07, 6.45) is 0. The standard InChI is InChI=1S/C10H10N2O2S2/c13-9-5-15-16-6-10(14)12-8-4-2-1-3-7(8)11-9/h1-4H,5-6H2,(H,11,13)(H,12,14). The Bertz CT molecular complexity index is 384. The maximum absolute atomic E-state index is 11.5. The minimum absolute atomic E-state index is 0.0545. The molecule has 1 heterocycles. The van der Waals surface area contributed by atoms with Crippen LogP contribution in [0.1, 0.15) is 0 Å². The number of nitrogens with one attached hydrogen (secondary N) is 2. The number of benzene rings is 1. The van der Waals surface area contributed by atoms with Crippen LogP contribution in [-0.4, -0.2) is 23.3 Å². The van der Waals surface area contributed by atoms with Gasteiger partial charge in [-0.3, -0.25) is 9.59 Å². The fourth-order valence-corrected chi connectivity index (χ4v) is 2.93. The lowest BCUT2D eigenvalue weighted by Gasteiger charge is -2.13. The van der Waals surface area contributed by atoms with Crippen molar-refractivity contribution >= 4 is 44.8 Å². The van der Waals surface area contributed by atoms with Crippen molar-refractivity contribution in [3.63, 3.8) is 0 Å². The SMILES string of the molecule is O=C1CSSCC(=O)Nc2ccccc2N1. The molecule has 1 aliphatic rings. The Morgan fingerprint density at radius 1 is 0.875 bits per heavy atom. The van der Waals surface area contributed by atoms with Gasteiger partial charge < -0.3 is 10.6 Å². The molecule has 6 heteroatoms. The van der Waals surface area contributed by atoms with E-state index >= 15 is 0 Å². The predicted molar refractivity (Wildman–Crippen MR) is 68.6 cm³/mol. The summed E-state index contributed by atoms with van der Waals surface area (Å²) >= 11 is 0. The van der Waals surface area contributed by atoms with Crippen LogP contribution in [0.4, 0.5) is 11.4 Å². The minimum Gasteiger partial charge on any atom is -0.324 e. The highest BCUT2D eigenvalue weighted by atomic mass is 33.1. The van der Waals surface area contributed by atoms with Gasteiger partial charge in [-0.25, -0.2) is 0 Å². The molecule has 84 valence electrons. The Kier molecular flexibility index (Phi) is 3.74. The van der Waals surface area contributed by atoms with Crippen molar-refractivity contribution in [1.29, 1.82) is 0 Å². The molecule has 0 unspecified atom stereocenters. The zero-order valence-corrected chi connectivity index (χ0v) is 9.99. The Balaban J connectivity index is 2.26. The van der Waals surface area contributed by atoms with Gasteiger partial charge in [0.05, 0.1) is 22.9 Å². The molecular formula is C10H10N2O2S2. The maximum atomic E-state index is 11.5. The molecule has 0 aromatic heterocycles. The van der Waals surface area contributed by atoms with E-state index < -0.39 is 0 Å². The first-order valence-electron chi connectivity index (χ1n) is 4.69. The Morgan fingerprint density at radius 2 is 1.31 bits per heavy atom. The lowest BCUT2D eigenvalue weighted by atomic mass is 10.2. The van der Waals surface area contributed by atoms with E-state index in [4.69, 9.17) is 0 Å². The highest BCUT2D eigenvalue weighted by Crippen LogP contribution is 2.26. The van der Waals surface area contributed by atoms with Crippen LogP contribution in [0, 0.1) is 0 Å². The first-order chi connectivity index (χ1) is 7.75. The molecule has 2 N–H and O–H groups in total. The van der Waals surface area contributed by atoms with E-state index in [1.807, 2.05) is 12.1 Å². The second-order valence-electron chi connectivity index (χ2n) is 3.17. The number of hydrogen-bond donors (Lipinski definition) is 2. The summed E-state index contributed by atoms with van der Waals surface area (Å²) in [5.74, 6) is 0.598. The predicted octanol–water partition coefficient (Wildman–Crippen LogP) is 1.96. The first kappa shape index (κ1) is 11.3. The smallest absolute Gasteiger partial charge is 0.235 e. The van der Waals surface area contributed by atoms with Gasteiger partial charge in [-0.05, 0) is 12.1 Å². The summed E-state index contributed by atoms with van der Waals surface area (Å²) in [4.78, 5) is 23.0. The highest BCUT2D eigenvalue weighted by molar-refractivity contribution is 8.77. The van der Waals surface area contributed by atoms with Crippen molar-refractivity contribution in [3.05, 3.63) is 24.3 Å². The van der Waals surface area contributed by atoms with Crippen LogP contribution < -0.4 is 10.6 Å². The van der Waals surface area contributed by atoms with E-state index in [1.165, 1.54) is 21.6 Å². The van der Waals surface area contributed by atoms with Gasteiger partial charge in [0, 0.05) is 0 Å². The molecule has 2 amide bonds. The molecule has 1 aromatic rings. The van der Waals surface area contributed by atoms with E-state index in [2.05, 4.69) is 10.6 Å². The highest BCUT2D eigenvalue weighted by Gasteiger charge is 2.12. The third kappa shape index (κ3) is 2.93. The summed E-state index contributed by atoms with van der Waals surface area (Å²) in [7, 11) is 2.76. The fourth-order valence-electron chi connectivity index (χ4n) is 1.26. The Labute approximate surface area is 101 Å². The average molecular weight is 254 g/mol. The van der Waals surface area contributed by atoms with Crippen molar-refractivity contribution in [1.82, 2.24) is 0 Å². The van der Waals surface area contributed by atoms with Gasteiger partial charge in [0.25, 0.3) is 0 Å². The molecule has 0 atom stereocenters. The van der Waals surface area contributed by atoms with Crippen molar-refractivity contribution in [2.45, 2.75) is 0 Å². The van der Waals surface area contributed by atoms with Crippen molar-refractivity contribution < 1.29 is 9.59 Å². The zero-order chi connectivity index (χ0) is 11.4. The van der Waals surface area contributed by atoms with Crippen LogP contribution in [0.5, 0.6) is 0 Å². The summed E-state index contributed by atoms with van der Waals surface area (Å²) in [6, 6.07) is 7.18. The molecule has 4 nitrogen and oxygen atoms in total. The van der Waals surface area contributed by atoms with Gasteiger partial charge in [-0.2, -0.15) is 0 Å². The summed E-state index contributed by atoms with van der Waals surface area (Å²) in [6.45, 7) is 0. The van der Waals surface area contributed by atoms with Crippen molar-refractivity contribution in [3.8, 4) is 0 Å². The van der Waals surface area contributed by atoms with Crippen LogP contribution in [0.15, 0.2) is 24.3 Å². The molecule has 16 heavy (non-hydrogen) atoms. The van der Waals surface area contributed by atoms with Crippen LogP contribution in [-0.2, 0) is 9.59 Å². The number of rotatable bonds is 0. The number of fused-ring (bicyclic) bond motifs is 1. The lowest BCUT2D eigenvalue weighted by Crippen LogP contribution is -2.20. The number of amides is 2. The molecule has 0 saturated carbocycles. The van der Waals surface area contributed by atoms with Gasteiger partial charge in [0.15, 0.2) is 0 Å². The van der Waals surface area contributed by atoms with Gasteiger partial charge in [0.2, 0.25) is 11.8 Å². The van der Waals surface area contributed by atoms with Gasteiger partial charge in [-0.15, -0.1) is 0 Å². The minimum atomic E-state index is -0.0545. The molecule has 0 aliphatic carbocycles. The molecule has 0 saturated heterocycles. The van der Waals surface area contributed by atoms with E-state index in [1.54, 1.807) is 12.1 Å². The molecule has 0 fully saturated rings. The monoisotopic (exact) mass is 254 g/mol. The first-order valence-corrected chi connectivity index (χ1v) is 7.17. The number of carbonyl (C=O) groups excluding carboxylic acids is 2. The van der Waals surface area contributed by atoms with Crippen molar-refractivity contribution in [2.75, 3.05) is 22.1 Å². The van der Waals surface area contributed by atoms with Gasteiger partial charge in [-0.1, -0.05) is 33.7 Å². The second-order valence-corrected chi connectivity index (χ2v) is 5.63. The quantitative estimate of drug-likeness (QED) is 0.695. The average Bonchev–Trinajstić information content (AvgIpc) is 2.27. The summed E-state index contributed by atoms with van der Waals surface area (Å²) in [5.41, 5.74) is 1.29. The van der Waals surface area contributed by atoms with E-state index in [9.17, 15) is 9.59 Å². The molecule has 1 aliphatic heterocycles. The third-order valence-corrected chi connectivity index (χ3v) is 4.07. The lowest BCUT2D eigenvalue weighted by molar-refractivity contribution is -0.114. The summed E-state index contributed by atoms with van der Waals surface area (Å²) < 4.78 is 0. The largest absolute Gasteiger partial charge is 0.324 e. The third-order valence-electron chi connectivity index (χ3n) is 1.94. The van der Waals surface area contributed by atoms with E-state index in [-0.39, 0.29) is 11.8 Å². The number of carbonyl (C=O) groups is 2. The molecule has 0 radical (unpaired) electrons. The van der Waals surface area contributed by atoms with Gasteiger partial charge in [0.1, 0.15) is 0 Å². The molecule has 1 aromatic carbocycles. The summed E-state index contributed by atoms with van der Waals surface area (Å²) in [5, 5.41) is 5.53. The number of hydrogen-bond acceptors (Lipinski definition) is 4. The fraction of sp³-hybridized carbons (Fsp3) is 0.200. The number of anilines is 2. The topological polar surface area (TPSA) is 58.2 Å². The van der Waals surface area contributed by atoms with Crippen LogP contribution in [0.2, 0.25) is 0 Å². The zero-order valence-electron chi connectivity index (χ0n) is 8.36. The van der Waals surface area contributed by atoms with Crippen LogP contribution in [0.25, 0.3) is 0 Å².